The molecule has 0 aliphatic heterocycles. The molecule has 0 saturated heterocycles. The number of allylic oxidation sites excluding steroid dienone is 2. The molecule has 0 rings (SSSR count). The van der Waals surface area contributed by atoms with E-state index >= 15 is 0 Å². The minimum atomic E-state index is 0.879. The molecule has 0 aromatic heterocycles. The molecule has 0 amide bonds. The third-order valence-corrected chi connectivity index (χ3v) is 0.737. The number of nitriles is 1. The van der Waals surface area contributed by atoms with Gasteiger partial charge in [0, 0.05) is 18.3 Å². The lowest BCUT2D eigenvalue weighted by Crippen LogP contribution is -2.08. The van der Waals surface area contributed by atoms with Crippen LogP contribution in [0.2, 0.25) is 0 Å². The fourth-order valence-electron chi connectivity index (χ4n) is 0.427. The minimum absolute atomic E-state index is 0.879. The first-order valence-corrected chi connectivity index (χ1v) is 2.61. The third-order valence-electron chi connectivity index (χ3n) is 0.737. The van der Waals surface area contributed by atoms with Crippen molar-refractivity contribution in [2.24, 2.45) is 0 Å². The van der Waals surface area contributed by atoms with Crippen molar-refractivity contribution in [3.63, 3.8) is 0 Å². The summed E-state index contributed by atoms with van der Waals surface area (Å²) in [6.45, 7) is 4.74. The first-order chi connectivity index (χ1) is 3.81. The van der Waals surface area contributed by atoms with Gasteiger partial charge in [-0.05, 0) is 13.8 Å². The number of nitrogens with zero attached hydrogens (tertiary/aromatic N) is 1. The Bertz CT molecular complexity index is 119. The molecule has 0 saturated carbocycles. The normalized spacial score (nSPS) is 10.4. The van der Waals surface area contributed by atoms with Gasteiger partial charge in [0.1, 0.15) is 0 Å². The average molecular weight is 110 g/mol. The van der Waals surface area contributed by atoms with E-state index in [-0.39, 0.29) is 0 Å². The van der Waals surface area contributed by atoms with E-state index in [4.69, 9.17) is 5.26 Å². The van der Waals surface area contributed by atoms with Crippen LogP contribution < -0.4 is 5.32 Å². The van der Waals surface area contributed by atoms with Crippen molar-refractivity contribution in [1.82, 2.24) is 5.32 Å². The summed E-state index contributed by atoms with van der Waals surface area (Å²) in [7, 11) is 0. The van der Waals surface area contributed by atoms with Gasteiger partial charge in [-0.3, -0.25) is 0 Å². The van der Waals surface area contributed by atoms with Crippen LogP contribution >= 0.6 is 0 Å². The Morgan fingerprint density at radius 3 is 2.88 bits per heavy atom. The molecule has 0 unspecified atom stereocenters. The van der Waals surface area contributed by atoms with E-state index < -0.39 is 0 Å². The standard InChI is InChI=1S/C6H10N2/c1-3-8-6(2)4-5-7/h4,8H,3H2,1-2H3/b6-4+. The summed E-state index contributed by atoms with van der Waals surface area (Å²) in [4.78, 5) is 0. The molecule has 0 atom stereocenters. The zero-order valence-electron chi connectivity index (χ0n) is 5.23. The van der Waals surface area contributed by atoms with Crippen LogP contribution in [0.4, 0.5) is 0 Å². The van der Waals surface area contributed by atoms with Gasteiger partial charge >= 0.3 is 0 Å². The molecule has 0 heterocycles. The highest BCUT2D eigenvalue weighted by Gasteiger charge is 1.78. The highest BCUT2D eigenvalue weighted by atomic mass is 14.8. The van der Waals surface area contributed by atoms with Gasteiger partial charge in [-0.25, -0.2) is 0 Å². The number of nitrogens with one attached hydrogen (secondary N) is 1. The lowest BCUT2D eigenvalue weighted by atomic mass is 10.4. The molecule has 0 fully saturated rings. The van der Waals surface area contributed by atoms with Gasteiger partial charge in [0.05, 0.1) is 6.07 Å². The first kappa shape index (κ1) is 7.03. The largest absolute Gasteiger partial charge is 0.388 e. The number of hydrogen-bond acceptors (Lipinski definition) is 2. The summed E-state index contributed by atoms with van der Waals surface area (Å²) in [6.07, 6.45) is 1.49. The Hall–Kier alpha value is -0.970. The van der Waals surface area contributed by atoms with Crippen molar-refractivity contribution < 1.29 is 0 Å². The van der Waals surface area contributed by atoms with Crippen molar-refractivity contribution >= 4 is 0 Å². The summed E-state index contributed by atoms with van der Waals surface area (Å²) in [5, 5.41) is 11.1. The molecule has 44 valence electrons. The van der Waals surface area contributed by atoms with E-state index in [0.29, 0.717) is 0 Å². The van der Waals surface area contributed by atoms with Crippen LogP contribution in [0.3, 0.4) is 0 Å². The quantitative estimate of drug-likeness (QED) is 0.539. The monoisotopic (exact) mass is 110 g/mol. The highest BCUT2D eigenvalue weighted by Crippen LogP contribution is 1.81. The highest BCUT2D eigenvalue weighted by molar-refractivity contribution is 5.08. The second kappa shape index (κ2) is 4.20. The summed E-state index contributed by atoms with van der Waals surface area (Å²) in [6, 6.07) is 1.93. The maximum Gasteiger partial charge on any atom is 0.0930 e. The predicted octanol–water partition coefficient (Wildman–Crippen LogP) is 1.02. The van der Waals surface area contributed by atoms with E-state index in [1.54, 1.807) is 0 Å². The molecular weight excluding hydrogens is 100 g/mol. The van der Waals surface area contributed by atoms with Crippen LogP contribution in [-0.2, 0) is 0 Å². The molecule has 8 heavy (non-hydrogen) atoms. The second-order valence-corrected chi connectivity index (χ2v) is 1.49. The molecule has 0 spiro atoms. The maximum atomic E-state index is 8.10. The molecule has 0 aliphatic rings. The molecule has 0 bridgehead atoms. The Balaban J connectivity index is 3.49. The zero-order chi connectivity index (χ0) is 6.41. The third kappa shape index (κ3) is 3.23. The van der Waals surface area contributed by atoms with Crippen LogP contribution in [0, 0.1) is 11.3 Å². The minimum Gasteiger partial charge on any atom is -0.388 e. The van der Waals surface area contributed by atoms with Gasteiger partial charge in [-0.2, -0.15) is 5.26 Å². The first-order valence-electron chi connectivity index (χ1n) is 2.61. The van der Waals surface area contributed by atoms with Crippen molar-refractivity contribution in [3.8, 4) is 6.07 Å². The lowest BCUT2D eigenvalue weighted by Gasteiger charge is -1.96. The van der Waals surface area contributed by atoms with Gasteiger partial charge in [0.2, 0.25) is 0 Å². The van der Waals surface area contributed by atoms with E-state index in [0.717, 1.165) is 12.2 Å². The summed E-state index contributed by atoms with van der Waals surface area (Å²) >= 11 is 0. The molecule has 0 aliphatic carbocycles. The summed E-state index contributed by atoms with van der Waals surface area (Å²) in [5.74, 6) is 0. The number of hydrogen-bond donors (Lipinski definition) is 1. The average Bonchev–Trinajstić information content (AvgIpc) is 1.68. The Morgan fingerprint density at radius 1 is 1.88 bits per heavy atom. The Kier molecular flexibility index (Phi) is 3.69. The van der Waals surface area contributed by atoms with Crippen LogP contribution in [0.15, 0.2) is 11.8 Å². The van der Waals surface area contributed by atoms with Crippen LogP contribution in [0.5, 0.6) is 0 Å². The van der Waals surface area contributed by atoms with Crippen LogP contribution in [-0.4, -0.2) is 6.54 Å². The van der Waals surface area contributed by atoms with E-state index in [1.165, 1.54) is 6.08 Å². The number of rotatable bonds is 2. The SMILES string of the molecule is CCN/C(C)=C/C#N. The van der Waals surface area contributed by atoms with Crippen molar-refractivity contribution in [2.45, 2.75) is 13.8 Å². The molecule has 0 aromatic rings. The fourth-order valence-corrected chi connectivity index (χ4v) is 0.427. The van der Waals surface area contributed by atoms with Crippen molar-refractivity contribution in [2.75, 3.05) is 6.54 Å². The summed E-state index contributed by atoms with van der Waals surface area (Å²) < 4.78 is 0. The second-order valence-electron chi connectivity index (χ2n) is 1.49. The summed E-state index contributed by atoms with van der Waals surface area (Å²) in [5.41, 5.74) is 0.926. The molecule has 2 heteroatoms. The van der Waals surface area contributed by atoms with Gasteiger partial charge in [-0.15, -0.1) is 0 Å². The van der Waals surface area contributed by atoms with E-state index in [1.807, 2.05) is 19.9 Å². The van der Waals surface area contributed by atoms with Gasteiger partial charge < -0.3 is 5.32 Å². The van der Waals surface area contributed by atoms with Gasteiger partial charge in [0.15, 0.2) is 0 Å². The zero-order valence-corrected chi connectivity index (χ0v) is 5.23. The predicted molar refractivity (Wildman–Crippen MR) is 33.0 cm³/mol. The molecule has 1 N–H and O–H groups in total. The topological polar surface area (TPSA) is 35.8 Å². The lowest BCUT2D eigenvalue weighted by molar-refractivity contribution is 0.855. The van der Waals surface area contributed by atoms with Crippen molar-refractivity contribution in [3.05, 3.63) is 11.8 Å². The fraction of sp³-hybridized carbons (Fsp3) is 0.500. The Labute approximate surface area is 49.8 Å². The maximum absolute atomic E-state index is 8.10. The molecule has 2 nitrogen and oxygen atoms in total. The Morgan fingerprint density at radius 2 is 2.50 bits per heavy atom. The van der Waals surface area contributed by atoms with E-state index in [9.17, 15) is 0 Å². The van der Waals surface area contributed by atoms with Crippen molar-refractivity contribution in [1.29, 1.82) is 5.26 Å². The van der Waals surface area contributed by atoms with Gasteiger partial charge in [-0.1, -0.05) is 0 Å². The van der Waals surface area contributed by atoms with Crippen LogP contribution in [0.25, 0.3) is 0 Å². The van der Waals surface area contributed by atoms with E-state index in [2.05, 4.69) is 5.32 Å². The smallest absolute Gasteiger partial charge is 0.0930 e. The van der Waals surface area contributed by atoms with Crippen LogP contribution in [0.1, 0.15) is 13.8 Å². The molecule has 0 aromatic carbocycles. The van der Waals surface area contributed by atoms with Gasteiger partial charge in [0.25, 0.3) is 0 Å². The molecular formula is C6H10N2. The molecule has 0 radical (unpaired) electrons.